The Kier molecular flexibility index (Phi) is 19.4. The van der Waals surface area contributed by atoms with E-state index < -0.39 is 0 Å². The van der Waals surface area contributed by atoms with Crippen molar-refractivity contribution >= 4 is 5.69 Å². The second kappa shape index (κ2) is 22.5. The van der Waals surface area contributed by atoms with Gasteiger partial charge in [0.25, 0.3) is 0 Å². The third-order valence-corrected chi connectivity index (χ3v) is 8.26. The molecule has 37 heavy (non-hydrogen) atoms. The third-order valence-electron chi connectivity index (χ3n) is 8.26. The van der Waals surface area contributed by atoms with Gasteiger partial charge in [0.1, 0.15) is 6.17 Å². The Morgan fingerprint density at radius 2 is 0.919 bits per heavy atom. The maximum atomic E-state index is 2.64. The van der Waals surface area contributed by atoms with Gasteiger partial charge in [-0.2, -0.15) is 0 Å². The van der Waals surface area contributed by atoms with Gasteiger partial charge in [0, 0.05) is 24.6 Å². The van der Waals surface area contributed by atoms with Gasteiger partial charge in [-0.05, 0) is 31.4 Å². The van der Waals surface area contributed by atoms with Crippen molar-refractivity contribution in [3.63, 3.8) is 0 Å². The fourth-order valence-corrected chi connectivity index (χ4v) is 5.85. The molecule has 212 valence electrons. The van der Waals surface area contributed by atoms with Crippen molar-refractivity contribution in [3.05, 3.63) is 42.7 Å². The first-order valence-corrected chi connectivity index (χ1v) is 16.6. The molecule has 0 bridgehead atoms. The van der Waals surface area contributed by atoms with E-state index in [-0.39, 0.29) is 0 Å². The summed E-state index contributed by atoms with van der Waals surface area (Å²) in [7, 11) is 0. The lowest BCUT2D eigenvalue weighted by molar-refractivity contribution is 0.273. The molecule has 0 aromatic heterocycles. The topological polar surface area (TPSA) is 6.48 Å². The van der Waals surface area contributed by atoms with Gasteiger partial charge in [-0.1, -0.05) is 160 Å². The maximum Gasteiger partial charge on any atom is 0.105 e. The summed E-state index contributed by atoms with van der Waals surface area (Å²) < 4.78 is 0. The summed E-state index contributed by atoms with van der Waals surface area (Å²) >= 11 is 0. The second-order valence-corrected chi connectivity index (χ2v) is 11.6. The lowest BCUT2D eigenvalue weighted by atomic mass is 10.0. The van der Waals surface area contributed by atoms with Gasteiger partial charge in [-0.15, -0.1) is 0 Å². The van der Waals surface area contributed by atoms with Crippen LogP contribution in [0.5, 0.6) is 0 Å². The predicted molar refractivity (Wildman–Crippen MR) is 166 cm³/mol. The van der Waals surface area contributed by atoms with E-state index in [1.807, 2.05) is 0 Å². The Morgan fingerprint density at radius 3 is 1.41 bits per heavy atom. The predicted octanol–water partition coefficient (Wildman–Crippen LogP) is 11.6. The minimum absolute atomic E-state index is 0.504. The highest BCUT2D eigenvalue weighted by Crippen LogP contribution is 2.28. The zero-order valence-electron chi connectivity index (χ0n) is 25.0. The van der Waals surface area contributed by atoms with Crippen LogP contribution in [0.25, 0.3) is 0 Å². The Hall–Kier alpha value is -1.44. The highest BCUT2D eigenvalue weighted by atomic mass is 15.4. The number of rotatable bonds is 25. The van der Waals surface area contributed by atoms with Gasteiger partial charge >= 0.3 is 0 Å². The first kappa shape index (κ1) is 31.8. The fourth-order valence-electron chi connectivity index (χ4n) is 5.85. The number of nitrogens with zero attached hydrogens (tertiary/aromatic N) is 2. The molecule has 2 heteroatoms. The largest absolute Gasteiger partial charge is 0.356 e. The number of hydrogen-bond donors (Lipinski definition) is 0. The van der Waals surface area contributed by atoms with Gasteiger partial charge in [0.05, 0.1) is 0 Å². The van der Waals surface area contributed by atoms with Gasteiger partial charge in [0.15, 0.2) is 0 Å². The van der Waals surface area contributed by atoms with Crippen molar-refractivity contribution < 1.29 is 0 Å². The molecule has 1 aromatic rings. The molecule has 0 aliphatic carbocycles. The summed E-state index contributed by atoms with van der Waals surface area (Å²) in [6.07, 6.45) is 37.7. The molecule has 2 rings (SSSR count). The highest BCUT2D eigenvalue weighted by Gasteiger charge is 2.26. The van der Waals surface area contributed by atoms with E-state index in [2.05, 4.69) is 66.4 Å². The van der Waals surface area contributed by atoms with E-state index in [1.165, 1.54) is 160 Å². The van der Waals surface area contributed by atoms with Gasteiger partial charge in [0.2, 0.25) is 0 Å². The SMILES string of the molecule is CCCCCCCCCCCCCC1N(CCCCCCCCCCCCC)C=CN1c1ccccc1. The van der Waals surface area contributed by atoms with Crippen LogP contribution in [0.4, 0.5) is 5.69 Å². The van der Waals surface area contributed by atoms with E-state index in [0.717, 1.165) is 0 Å². The standard InChI is InChI=1S/C35H62N2/c1-3-5-7-9-11-13-15-17-19-21-26-30-35-36(32-33-37(35)34-28-24-23-25-29-34)31-27-22-20-18-16-14-12-10-8-6-4-2/h23-25,28-29,32-33,35H,3-22,26-27,30-31H2,1-2H3. The van der Waals surface area contributed by atoms with Gasteiger partial charge in [-0.25, -0.2) is 0 Å². The van der Waals surface area contributed by atoms with E-state index in [9.17, 15) is 0 Å². The van der Waals surface area contributed by atoms with Crippen LogP contribution in [0, 0.1) is 0 Å². The van der Waals surface area contributed by atoms with Crippen molar-refractivity contribution in [2.75, 3.05) is 11.4 Å². The second-order valence-electron chi connectivity index (χ2n) is 11.6. The third kappa shape index (κ3) is 14.9. The summed E-state index contributed by atoms with van der Waals surface area (Å²) in [5.41, 5.74) is 1.34. The number of anilines is 1. The van der Waals surface area contributed by atoms with Crippen molar-refractivity contribution in [1.29, 1.82) is 0 Å². The number of hydrogen-bond acceptors (Lipinski definition) is 2. The molecule has 1 atom stereocenters. The van der Waals surface area contributed by atoms with Crippen LogP contribution in [-0.2, 0) is 0 Å². The molecule has 0 saturated carbocycles. The molecule has 1 aliphatic heterocycles. The van der Waals surface area contributed by atoms with Crippen LogP contribution in [0.2, 0.25) is 0 Å². The quantitative estimate of drug-likeness (QED) is 0.121. The monoisotopic (exact) mass is 510 g/mol. The van der Waals surface area contributed by atoms with Crippen molar-refractivity contribution in [3.8, 4) is 0 Å². The normalized spacial score (nSPS) is 15.2. The molecular weight excluding hydrogens is 448 g/mol. The Balaban J connectivity index is 1.60. The van der Waals surface area contributed by atoms with Gasteiger partial charge < -0.3 is 9.80 Å². The number of benzene rings is 1. The minimum Gasteiger partial charge on any atom is -0.356 e. The molecular formula is C35H62N2. The van der Waals surface area contributed by atoms with E-state index in [1.54, 1.807) is 0 Å². The number of unbranched alkanes of at least 4 members (excludes halogenated alkanes) is 20. The zero-order chi connectivity index (χ0) is 26.2. The fraction of sp³-hybridized carbons (Fsp3) is 0.771. The average Bonchev–Trinajstić information content (AvgIpc) is 3.33. The molecule has 1 heterocycles. The summed E-state index contributed by atoms with van der Waals surface area (Å²) in [5.74, 6) is 0. The van der Waals surface area contributed by atoms with Crippen LogP contribution in [0.15, 0.2) is 42.7 Å². The molecule has 0 amide bonds. The highest BCUT2D eigenvalue weighted by molar-refractivity contribution is 5.51. The number of para-hydroxylation sites is 1. The molecule has 0 spiro atoms. The maximum absolute atomic E-state index is 2.64. The van der Waals surface area contributed by atoms with Crippen LogP contribution in [0.1, 0.15) is 162 Å². The van der Waals surface area contributed by atoms with Crippen LogP contribution in [0.3, 0.4) is 0 Å². The average molecular weight is 511 g/mol. The zero-order valence-corrected chi connectivity index (χ0v) is 25.0. The van der Waals surface area contributed by atoms with Crippen LogP contribution < -0.4 is 4.90 Å². The Bertz CT molecular complexity index is 640. The van der Waals surface area contributed by atoms with E-state index >= 15 is 0 Å². The summed E-state index contributed by atoms with van der Waals surface area (Å²) in [4.78, 5) is 5.16. The Labute approximate surface area is 232 Å². The lowest BCUT2D eigenvalue weighted by Gasteiger charge is -2.33. The lowest BCUT2D eigenvalue weighted by Crippen LogP contribution is -2.39. The van der Waals surface area contributed by atoms with Crippen LogP contribution in [-0.4, -0.2) is 17.6 Å². The van der Waals surface area contributed by atoms with Gasteiger partial charge in [-0.3, -0.25) is 0 Å². The molecule has 1 aromatic carbocycles. The molecule has 0 N–H and O–H groups in total. The summed E-state index contributed by atoms with van der Waals surface area (Å²) in [6.45, 7) is 5.82. The molecule has 0 radical (unpaired) electrons. The first-order chi connectivity index (χ1) is 18.4. The van der Waals surface area contributed by atoms with Crippen molar-refractivity contribution in [1.82, 2.24) is 4.90 Å². The van der Waals surface area contributed by atoms with Crippen molar-refractivity contribution in [2.24, 2.45) is 0 Å². The molecule has 2 nitrogen and oxygen atoms in total. The minimum atomic E-state index is 0.504. The van der Waals surface area contributed by atoms with Crippen LogP contribution >= 0.6 is 0 Å². The van der Waals surface area contributed by atoms with E-state index in [0.29, 0.717) is 6.17 Å². The summed E-state index contributed by atoms with van der Waals surface area (Å²) in [6, 6.07) is 11.0. The summed E-state index contributed by atoms with van der Waals surface area (Å²) in [5, 5.41) is 0. The molecule has 1 unspecified atom stereocenters. The van der Waals surface area contributed by atoms with E-state index in [4.69, 9.17) is 0 Å². The smallest absolute Gasteiger partial charge is 0.105 e. The van der Waals surface area contributed by atoms with Crippen molar-refractivity contribution in [2.45, 2.75) is 168 Å². The first-order valence-electron chi connectivity index (χ1n) is 16.6. The molecule has 0 fully saturated rings. The Morgan fingerprint density at radius 1 is 0.486 bits per heavy atom. The molecule has 0 saturated heterocycles. The molecule has 1 aliphatic rings.